The Morgan fingerprint density at radius 3 is 1.41 bits per heavy atom. The molecular weight excluding hydrogens is 214 g/mol. The van der Waals surface area contributed by atoms with E-state index in [2.05, 4.69) is 37.7 Å². The van der Waals surface area contributed by atoms with Crippen molar-refractivity contribution in [1.29, 1.82) is 0 Å². The van der Waals surface area contributed by atoms with Gasteiger partial charge in [-0.2, -0.15) is 0 Å². The van der Waals surface area contributed by atoms with E-state index in [4.69, 9.17) is 0 Å². The maximum Gasteiger partial charge on any atom is 0.302 e. The Morgan fingerprint density at radius 1 is 0.941 bits per heavy atom. The SMILES string of the molecule is CCCCCC.CCNCC.CCOC(C)=O. The molecule has 17 heavy (non-hydrogen) atoms. The third kappa shape index (κ3) is 50.4. The van der Waals surface area contributed by atoms with Gasteiger partial charge in [-0.15, -0.1) is 0 Å². The summed E-state index contributed by atoms with van der Waals surface area (Å²) in [6.07, 6.45) is 5.54. The Hall–Kier alpha value is -0.570. The van der Waals surface area contributed by atoms with Gasteiger partial charge in [-0.25, -0.2) is 0 Å². The summed E-state index contributed by atoms with van der Waals surface area (Å²) in [5, 5.41) is 3.11. The first-order valence-corrected chi connectivity index (χ1v) is 6.94. The Balaban J connectivity index is -0.000000174. The van der Waals surface area contributed by atoms with Gasteiger partial charge in [-0.05, 0) is 20.0 Å². The molecule has 3 heteroatoms. The predicted octanol–water partition coefficient (Wildman–Crippen LogP) is 3.77. The molecule has 0 aromatic rings. The Kier molecular flexibility index (Phi) is 31.4. The smallest absolute Gasteiger partial charge is 0.302 e. The number of ether oxygens (including phenoxy) is 1. The van der Waals surface area contributed by atoms with Crippen molar-refractivity contribution in [3.63, 3.8) is 0 Å². The number of hydrogen-bond donors (Lipinski definition) is 1. The van der Waals surface area contributed by atoms with Gasteiger partial charge >= 0.3 is 5.97 Å². The number of carbonyl (C=O) groups is 1. The maximum absolute atomic E-state index is 9.82. The molecule has 0 unspecified atom stereocenters. The minimum Gasteiger partial charge on any atom is -0.466 e. The van der Waals surface area contributed by atoms with Gasteiger partial charge in [-0.1, -0.05) is 53.4 Å². The van der Waals surface area contributed by atoms with Crippen LogP contribution in [0.2, 0.25) is 0 Å². The van der Waals surface area contributed by atoms with Gasteiger partial charge < -0.3 is 10.1 Å². The third-order valence-corrected chi connectivity index (χ3v) is 1.80. The maximum atomic E-state index is 9.82. The first-order valence-electron chi connectivity index (χ1n) is 6.94. The van der Waals surface area contributed by atoms with Crippen LogP contribution in [-0.2, 0) is 9.53 Å². The monoisotopic (exact) mass is 247 g/mol. The van der Waals surface area contributed by atoms with E-state index in [1.807, 2.05) is 0 Å². The number of carbonyl (C=O) groups excluding carboxylic acids is 1. The van der Waals surface area contributed by atoms with E-state index in [1.54, 1.807) is 6.92 Å². The number of unbranched alkanes of at least 4 members (excludes halogenated alkanes) is 3. The first kappa shape index (κ1) is 21.7. The van der Waals surface area contributed by atoms with Gasteiger partial charge in [-0.3, -0.25) is 4.79 Å². The fourth-order valence-corrected chi connectivity index (χ4v) is 0.953. The lowest BCUT2D eigenvalue weighted by atomic mass is 10.2. The van der Waals surface area contributed by atoms with Gasteiger partial charge in [0.25, 0.3) is 0 Å². The van der Waals surface area contributed by atoms with E-state index >= 15 is 0 Å². The Bertz CT molecular complexity index is 121. The van der Waals surface area contributed by atoms with E-state index in [-0.39, 0.29) is 5.97 Å². The minimum atomic E-state index is -0.211. The number of hydrogen-bond acceptors (Lipinski definition) is 3. The summed E-state index contributed by atoms with van der Waals surface area (Å²) in [6.45, 7) is 14.5. The molecule has 0 aliphatic heterocycles. The van der Waals surface area contributed by atoms with Crippen LogP contribution < -0.4 is 5.32 Å². The zero-order valence-electron chi connectivity index (χ0n) is 12.8. The lowest BCUT2D eigenvalue weighted by Gasteiger charge is -1.89. The second kappa shape index (κ2) is 24.6. The van der Waals surface area contributed by atoms with Gasteiger partial charge in [0.2, 0.25) is 0 Å². The van der Waals surface area contributed by atoms with Crippen LogP contribution in [0, 0.1) is 0 Å². The van der Waals surface area contributed by atoms with Crippen molar-refractivity contribution in [1.82, 2.24) is 5.32 Å². The topological polar surface area (TPSA) is 38.3 Å². The van der Waals surface area contributed by atoms with Crippen molar-refractivity contribution in [2.24, 2.45) is 0 Å². The van der Waals surface area contributed by atoms with Gasteiger partial charge in [0.15, 0.2) is 0 Å². The molecule has 3 nitrogen and oxygen atoms in total. The zero-order valence-corrected chi connectivity index (χ0v) is 12.8. The van der Waals surface area contributed by atoms with Crippen molar-refractivity contribution < 1.29 is 9.53 Å². The first-order chi connectivity index (χ1) is 8.10. The molecule has 0 aliphatic carbocycles. The zero-order chi connectivity index (χ0) is 13.9. The molecule has 0 aliphatic rings. The second-order valence-electron chi connectivity index (χ2n) is 3.59. The highest BCUT2D eigenvalue weighted by Gasteiger charge is 1.81. The molecule has 0 rings (SSSR count). The van der Waals surface area contributed by atoms with E-state index < -0.39 is 0 Å². The van der Waals surface area contributed by atoms with E-state index in [0.29, 0.717) is 6.61 Å². The van der Waals surface area contributed by atoms with Crippen molar-refractivity contribution >= 4 is 5.97 Å². The van der Waals surface area contributed by atoms with Crippen molar-refractivity contribution in [3.05, 3.63) is 0 Å². The highest BCUT2D eigenvalue weighted by atomic mass is 16.5. The largest absolute Gasteiger partial charge is 0.466 e. The average Bonchev–Trinajstić information content (AvgIpc) is 2.29. The summed E-state index contributed by atoms with van der Waals surface area (Å²) in [5.41, 5.74) is 0. The molecule has 0 radical (unpaired) electrons. The van der Waals surface area contributed by atoms with Crippen LogP contribution in [0.15, 0.2) is 0 Å². The van der Waals surface area contributed by atoms with Crippen molar-refractivity contribution in [2.45, 2.75) is 67.2 Å². The highest BCUT2D eigenvalue weighted by molar-refractivity contribution is 5.65. The fourth-order valence-electron chi connectivity index (χ4n) is 0.953. The molecule has 0 atom stereocenters. The molecular formula is C14H33NO2. The van der Waals surface area contributed by atoms with Gasteiger partial charge in [0, 0.05) is 6.92 Å². The fraction of sp³-hybridized carbons (Fsp3) is 0.929. The predicted molar refractivity (Wildman–Crippen MR) is 76.3 cm³/mol. The molecule has 0 aromatic carbocycles. The van der Waals surface area contributed by atoms with Crippen molar-refractivity contribution in [3.8, 4) is 0 Å². The molecule has 1 N–H and O–H groups in total. The lowest BCUT2D eigenvalue weighted by molar-refractivity contribution is -0.140. The molecule has 0 saturated heterocycles. The molecule has 0 bridgehead atoms. The summed E-state index contributed by atoms with van der Waals surface area (Å²) in [7, 11) is 0. The van der Waals surface area contributed by atoms with Gasteiger partial charge in [0.05, 0.1) is 6.61 Å². The van der Waals surface area contributed by atoms with Crippen LogP contribution in [0.3, 0.4) is 0 Å². The molecule has 0 spiro atoms. The quantitative estimate of drug-likeness (QED) is 0.573. The third-order valence-electron chi connectivity index (χ3n) is 1.80. The Labute approximate surface area is 108 Å². The standard InChI is InChI=1S/C6H14.C4H11N.C4H8O2/c1-3-5-6-4-2;1-3-5-4-2;1-3-6-4(2)5/h3-6H2,1-2H3;5H,3-4H2,1-2H3;3H2,1-2H3. The number of esters is 1. The van der Waals surface area contributed by atoms with Crippen LogP contribution in [0.4, 0.5) is 0 Å². The second-order valence-corrected chi connectivity index (χ2v) is 3.59. The molecule has 0 saturated carbocycles. The Morgan fingerprint density at radius 2 is 1.35 bits per heavy atom. The summed E-state index contributed by atoms with van der Waals surface area (Å²) < 4.78 is 4.40. The normalized spacial score (nSPS) is 8.35. The lowest BCUT2D eigenvalue weighted by Crippen LogP contribution is -2.09. The number of rotatable bonds is 6. The summed E-state index contributed by atoms with van der Waals surface area (Å²) >= 11 is 0. The molecule has 0 aromatic heterocycles. The van der Waals surface area contributed by atoms with E-state index in [1.165, 1.54) is 32.6 Å². The van der Waals surface area contributed by atoms with Crippen LogP contribution >= 0.6 is 0 Å². The van der Waals surface area contributed by atoms with Crippen LogP contribution in [0.25, 0.3) is 0 Å². The van der Waals surface area contributed by atoms with Crippen LogP contribution in [0.5, 0.6) is 0 Å². The van der Waals surface area contributed by atoms with E-state index in [0.717, 1.165) is 13.1 Å². The van der Waals surface area contributed by atoms with Gasteiger partial charge in [0.1, 0.15) is 0 Å². The number of nitrogens with one attached hydrogen (secondary N) is 1. The van der Waals surface area contributed by atoms with E-state index in [9.17, 15) is 4.79 Å². The molecule has 0 fully saturated rings. The summed E-state index contributed by atoms with van der Waals surface area (Å²) in [6, 6.07) is 0. The van der Waals surface area contributed by atoms with Crippen LogP contribution in [0.1, 0.15) is 67.2 Å². The minimum absolute atomic E-state index is 0.211. The summed E-state index contributed by atoms with van der Waals surface area (Å²) in [5.74, 6) is -0.211. The summed E-state index contributed by atoms with van der Waals surface area (Å²) in [4.78, 5) is 9.82. The highest BCUT2D eigenvalue weighted by Crippen LogP contribution is 1.95. The van der Waals surface area contributed by atoms with Crippen LogP contribution in [-0.4, -0.2) is 25.7 Å². The molecule has 0 amide bonds. The molecule has 0 heterocycles. The molecule has 106 valence electrons. The van der Waals surface area contributed by atoms with Crippen molar-refractivity contribution in [2.75, 3.05) is 19.7 Å². The average molecular weight is 247 g/mol.